The van der Waals surface area contributed by atoms with Crippen molar-refractivity contribution in [1.82, 2.24) is 4.98 Å². The van der Waals surface area contributed by atoms with Gasteiger partial charge in [-0.1, -0.05) is 6.07 Å². The summed E-state index contributed by atoms with van der Waals surface area (Å²) < 4.78 is 5.51. The van der Waals surface area contributed by atoms with Gasteiger partial charge in [0.2, 0.25) is 5.88 Å². The predicted octanol–water partition coefficient (Wildman–Crippen LogP) is 1.89. The van der Waals surface area contributed by atoms with Gasteiger partial charge in [-0.15, -0.1) is 0 Å². The van der Waals surface area contributed by atoms with Crippen LogP contribution in [0, 0.1) is 5.92 Å². The van der Waals surface area contributed by atoms with Gasteiger partial charge in [-0.3, -0.25) is 0 Å². The molecular weight excluding hydrogens is 176 g/mol. The van der Waals surface area contributed by atoms with Crippen molar-refractivity contribution >= 4 is 0 Å². The molecule has 76 valence electrons. The zero-order valence-corrected chi connectivity index (χ0v) is 8.44. The van der Waals surface area contributed by atoms with Gasteiger partial charge in [0, 0.05) is 18.3 Å². The molecule has 2 rings (SSSR count). The van der Waals surface area contributed by atoms with Gasteiger partial charge >= 0.3 is 0 Å². The van der Waals surface area contributed by atoms with E-state index in [0.29, 0.717) is 5.88 Å². The van der Waals surface area contributed by atoms with E-state index in [1.165, 1.54) is 12.8 Å². The number of pyridine rings is 1. The lowest BCUT2D eigenvalue weighted by Gasteiger charge is -2.07. The highest BCUT2D eigenvalue weighted by Gasteiger charge is 2.21. The summed E-state index contributed by atoms with van der Waals surface area (Å²) in [6.45, 7) is 2.76. The summed E-state index contributed by atoms with van der Waals surface area (Å²) >= 11 is 0. The molecule has 0 amide bonds. The van der Waals surface area contributed by atoms with Crippen LogP contribution in [-0.4, -0.2) is 11.6 Å². The van der Waals surface area contributed by atoms with Crippen LogP contribution in [-0.2, 0) is 0 Å². The molecule has 1 aromatic rings. The summed E-state index contributed by atoms with van der Waals surface area (Å²) in [5, 5.41) is 0. The zero-order chi connectivity index (χ0) is 9.97. The number of rotatable bonds is 4. The second kappa shape index (κ2) is 3.96. The third kappa shape index (κ3) is 2.45. The highest BCUT2D eigenvalue weighted by molar-refractivity contribution is 5.19. The van der Waals surface area contributed by atoms with Crippen LogP contribution in [0.3, 0.4) is 0 Å². The van der Waals surface area contributed by atoms with Crippen molar-refractivity contribution < 1.29 is 4.74 Å². The fourth-order valence-corrected chi connectivity index (χ4v) is 1.23. The van der Waals surface area contributed by atoms with E-state index in [4.69, 9.17) is 10.5 Å². The highest BCUT2D eigenvalue weighted by atomic mass is 16.5. The first kappa shape index (κ1) is 9.46. The van der Waals surface area contributed by atoms with Gasteiger partial charge in [-0.05, 0) is 31.2 Å². The number of nitrogens with zero attached hydrogens (tertiary/aromatic N) is 1. The number of aromatic nitrogens is 1. The summed E-state index contributed by atoms with van der Waals surface area (Å²) in [7, 11) is 0. The molecule has 1 heterocycles. The number of hydrogen-bond acceptors (Lipinski definition) is 3. The van der Waals surface area contributed by atoms with E-state index in [1.54, 1.807) is 6.20 Å². The molecule has 0 aliphatic heterocycles. The van der Waals surface area contributed by atoms with Crippen LogP contribution in [0.5, 0.6) is 5.88 Å². The average Bonchev–Trinajstić information content (AvgIpc) is 2.99. The van der Waals surface area contributed by atoms with Crippen LogP contribution in [0.15, 0.2) is 18.3 Å². The SMILES string of the molecule is CC(N)c1ccc(OCC2CC2)nc1. The van der Waals surface area contributed by atoms with Gasteiger partial charge in [0.1, 0.15) is 0 Å². The Morgan fingerprint density at radius 1 is 1.57 bits per heavy atom. The molecule has 0 radical (unpaired) electrons. The first-order valence-electron chi connectivity index (χ1n) is 5.10. The highest BCUT2D eigenvalue weighted by Crippen LogP contribution is 2.29. The van der Waals surface area contributed by atoms with Crippen molar-refractivity contribution in [3.8, 4) is 5.88 Å². The molecule has 0 aromatic carbocycles. The van der Waals surface area contributed by atoms with Gasteiger partial charge in [0.25, 0.3) is 0 Å². The Kier molecular flexibility index (Phi) is 2.68. The first-order valence-corrected chi connectivity index (χ1v) is 5.10. The molecule has 1 aliphatic carbocycles. The van der Waals surface area contributed by atoms with E-state index < -0.39 is 0 Å². The average molecular weight is 192 g/mol. The Labute approximate surface area is 84.3 Å². The molecule has 3 nitrogen and oxygen atoms in total. The van der Waals surface area contributed by atoms with Crippen LogP contribution < -0.4 is 10.5 Å². The van der Waals surface area contributed by atoms with E-state index in [-0.39, 0.29) is 6.04 Å². The summed E-state index contributed by atoms with van der Waals surface area (Å²) in [5.74, 6) is 1.48. The van der Waals surface area contributed by atoms with Crippen LogP contribution in [0.1, 0.15) is 31.4 Å². The van der Waals surface area contributed by atoms with E-state index in [2.05, 4.69) is 4.98 Å². The monoisotopic (exact) mass is 192 g/mol. The molecule has 2 N–H and O–H groups in total. The zero-order valence-electron chi connectivity index (χ0n) is 8.44. The molecule has 1 saturated carbocycles. The van der Waals surface area contributed by atoms with Crippen LogP contribution in [0.4, 0.5) is 0 Å². The lowest BCUT2D eigenvalue weighted by atomic mass is 10.2. The largest absolute Gasteiger partial charge is 0.477 e. The van der Waals surface area contributed by atoms with Gasteiger partial charge in [-0.25, -0.2) is 4.98 Å². The standard InChI is InChI=1S/C11H16N2O/c1-8(12)10-4-5-11(13-6-10)14-7-9-2-3-9/h4-6,8-9H,2-3,7,12H2,1H3. The Morgan fingerprint density at radius 3 is 2.86 bits per heavy atom. The van der Waals surface area contributed by atoms with E-state index >= 15 is 0 Å². The maximum Gasteiger partial charge on any atom is 0.213 e. The quantitative estimate of drug-likeness (QED) is 0.792. The molecule has 1 fully saturated rings. The van der Waals surface area contributed by atoms with Crippen molar-refractivity contribution in [2.45, 2.75) is 25.8 Å². The summed E-state index contributed by atoms with van der Waals surface area (Å²) in [6.07, 6.45) is 4.39. The van der Waals surface area contributed by atoms with Crippen LogP contribution in [0.2, 0.25) is 0 Å². The fraction of sp³-hybridized carbons (Fsp3) is 0.545. The van der Waals surface area contributed by atoms with Gasteiger partial charge in [0.05, 0.1) is 6.61 Å². The molecule has 3 heteroatoms. The van der Waals surface area contributed by atoms with Crippen molar-refractivity contribution in [2.75, 3.05) is 6.61 Å². The minimum absolute atomic E-state index is 0.0417. The van der Waals surface area contributed by atoms with E-state index in [0.717, 1.165) is 18.1 Å². The molecule has 1 aromatic heterocycles. The van der Waals surface area contributed by atoms with Crippen molar-refractivity contribution in [3.63, 3.8) is 0 Å². The molecule has 0 saturated heterocycles. The third-order valence-corrected chi connectivity index (χ3v) is 2.45. The Balaban J connectivity index is 1.91. The Morgan fingerprint density at radius 2 is 2.36 bits per heavy atom. The Bertz CT molecular complexity index is 291. The van der Waals surface area contributed by atoms with E-state index in [9.17, 15) is 0 Å². The normalized spacial score (nSPS) is 17.9. The minimum Gasteiger partial charge on any atom is -0.477 e. The van der Waals surface area contributed by atoms with Crippen LogP contribution in [0.25, 0.3) is 0 Å². The second-order valence-electron chi connectivity index (χ2n) is 3.97. The molecule has 1 aliphatic rings. The number of hydrogen-bond donors (Lipinski definition) is 1. The molecule has 1 atom stereocenters. The van der Waals surface area contributed by atoms with Crippen molar-refractivity contribution in [2.24, 2.45) is 11.7 Å². The molecule has 1 unspecified atom stereocenters. The summed E-state index contributed by atoms with van der Waals surface area (Å²) in [5.41, 5.74) is 6.76. The van der Waals surface area contributed by atoms with Crippen LogP contribution >= 0.6 is 0 Å². The second-order valence-corrected chi connectivity index (χ2v) is 3.97. The topological polar surface area (TPSA) is 48.1 Å². The maximum absolute atomic E-state index is 5.72. The third-order valence-electron chi connectivity index (χ3n) is 2.45. The first-order chi connectivity index (χ1) is 6.75. The summed E-state index contributed by atoms with van der Waals surface area (Å²) in [6, 6.07) is 3.90. The molecule has 0 bridgehead atoms. The number of nitrogens with two attached hydrogens (primary N) is 1. The van der Waals surface area contributed by atoms with Gasteiger partial charge in [-0.2, -0.15) is 0 Å². The predicted molar refractivity (Wildman–Crippen MR) is 55.1 cm³/mol. The fourth-order valence-electron chi connectivity index (χ4n) is 1.23. The number of ether oxygens (including phenoxy) is 1. The Hall–Kier alpha value is -1.09. The minimum atomic E-state index is 0.0417. The maximum atomic E-state index is 5.72. The van der Waals surface area contributed by atoms with Gasteiger partial charge < -0.3 is 10.5 Å². The van der Waals surface area contributed by atoms with Crippen molar-refractivity contribution in [1.29, 1.82) is 0 Å². The smallest absolute Gasteiger partial charge is 0.213 e. The lowest BCUT2D eigenvalue weighted by molar-refractivity contribution is 0.288. The van der Waals surface area contributed by atoms with Crippen molar-refractivity contribution in [3.05, 3.63) is 23.9 Å². The lowest BCUT2D eigenvalue weighted by Crippen LogP contribution is -2.06. The summed E-state index contributed by atoms with van der Waals surface area (Å²) in [4.78, 5) is 4.20. The molecule has 0 spiro atoms. The van der Waals surface area contributed by atoms with E-state index in [1.807, 2.05) is 19.1 Å². The molecular formula is C11H16N2O. The van der Waals surface area contributed by atoms with Gasteiger partial charge in [0.15, 0.2) is 0 Å². The molecule has 14 heavy (non-hydrogen) atoms.